The summed E-state index contributed by atoms with van der Waals surface area (Å²) in [5.74, 6) is 2.11. The number of nitrogens with zero attached hydrogens (tertiary/aromatic N) is 2. The van der Waals surface area contributed by atoms with Gasteiger partial charge in [-0.3, -0.25) is 0 Å². The maximum absolute atomic E-state index is 9.35. The van der Waals surface area contributed by atoms with Crippen molar-refractivity contribution in [2.24, 2.45) is 5.92 Å². The third kappa shape index (κ3) is 3.18. The predicted octanol–water partition coefficient (Wildman–Crippen LogP) is 4.84. The molecule has 4 nitrogen and oxygen atoms in total. The molecular formula is C20H20N2O2. The SMILES string of the molecule is Oc1ccc(-c2nc(-c3ccc(CC4CCCC4)cc3)no2)cc1. The van der Waals surface area contributed by atoms with E-state index in [1.54, 1.807) is 24.3 Å². The highest BCUT2D eigenvalue weighted by molar-refractivity contribution is 5.60. The summed E-state index contributed by atoms with van der Waals surface area (Å²) in [5, 5.41) is 13.4. The third-order valence-corrected chi connectivity index (χ3v) is 4.75. The van der Waals surface area contributed by atoms with Crippen LogP contribution >= 0.6 is 0 Å². The zero-order valence-corrected chi connectivity index (χ0v) is 13.5. The zero-order chi connectivity index (χ0) is 16.4. The molecular weight excluding hydrogens is 300 g/mol. The van der Waals surface area contributed by atoms with Crippen molar-refractivity contribution in [3.63, 3.8) is 0 Å². The van der Waals surface area contributed by atoms with Gasteiger partial charge < -0.3 is 9.63 Å². The number of phenolic OH excluding ortho intramolecular Hbond substituents is 1. The van der Waals surface area contributed by atoms with Gasteiger partial charge in [0.2, 0.25) is 5.82 Å². The lowest BCUT2D eigenvalue weighted by atomic mass is 9.97. The van der Waals surface area contributed by atoms with Crippen LogP contribution in [0.4, 0.5) is 0 Å². The summed E-state index contributed by atoms with van der Waals surface area (Å²) >= 11 is 0. The molecule has 0 atom stereocenters. The molecule has 0 bridgehead atoms. The summed E-state index contributed by atoms with van der Waals surface area (Å²) in [6, 6.07) is 15.2. The second kappa shape index (κ2) is 6.48. The molecule has 2 aromatic carbocycles. The molecule has 0 aliphatic heterocycles. The van der Waals surface area contributed by atoms with Crippen molar-refractivity contribution < 1.29 is 9.63 Å². The lowest BCUT2D eigenvalue weighted by molar-refractivity contribution is 0.432. The molecule has 0 spiro atoms. The Balaban J connectivity index is 1.50. The Labute approximate surface area is 141 Å². The summed E-state index contributed by atoms with van der Waals surface area (Å²) in [7, 11) is 0. The molecule has 1 fully saturated rings. The summed E-state index contributed by atoms with van der Waals surface area (Å²) in [6.07, 6.45) is 6.66. The van der Waals surface area contributed by atoms with Crippen molar-refractivity contribution in [3.8, 4) is 28.6 Å². The Morgan fingerprint density at radius 2 is 1.58 bits per heavy atom. The normalized spacial score (nSPS) is 15.0. The summed E-state index contributed by atoms with van der Waals surface area (Å²) < 4.78 is 5.34. The first kappa shape index (κ1) is 14.9. The summed E-state index contributed by atoms with van der Waals surface area (Å²) in [5.41, 5.74) is 3.14. The number of aromatic nitrogens is 2. The molecule has 1 N–H and O–H groups in total. The van der Waals surface area contributed by atoms with E-state index < -0.39 is 0 Å². The van der Waals surface area contributed by atoms with E-state index in [4.69, 9.17) is 4.52 Å². The molecule has 1 saturated carbocycles. The van der Waals surface area contributed by atoms with Crippen molar-refractivity contribution in [1.29, 1.82) is 0 Å². The predicted molar refractivity (Wildman–Crippen MR) is 92.5 cm³/mol. The van der Waals surface area contributed by atoms with Crippen LogP contribution in [-0.2, 0) is 6.42 Å². The number of phenols is 1. The Morgan fingerprint density at radius 3 is 2.29 bits per heavy atom. The van der Waals surface area contributed by atoms with Gasteiger partial charge in [-0.1, -0.05) is 55.1 Å². The molecule has 0 saturated heterocycles. The standard InChI is InChI=1S/C20H20N2O2/c23-18-11-9-17(10-12-18)20-21-19(22-24-20)16-7-5-15(6-8-16)13-14-3-1-2-4-14/h5-12,14,23H,1-4,13H2. The van der Waals surface area contributed by atoms with Crippen LogP contribution in [0.3, 0.4) is 0 Å². The van der Waals surface area contributed by atoms with Gasteiger partial charge in [-0.15, -0.1) is 0 Å². The molecule has 1 aliphatic rings. The Kier molecular flexibility index (Phi) is 4.03. The first-order valence-electron chi connectivity index (χ1n) is 8.50. The zero-order valence-electron chi connectivity index (χ0n) is 13.5. The second-order valence-corrected chi connectivity index (χ2v) is 6.52. The first-order valence-corrected chi connectivity index (χ1v) is 8.50. The smallest absolute Gasteiger partial charge is 0.258 e. The van der Waals surface area contributed by atoms with Crippen LogP contribution in [0.5, 0.6) is 5.75 Å². The van der Waals surface area contributed by atoms with Gasteiger partial charge in [0.1, 0.15) is 5.75 Å². The minimum atomic E-state index is 0.219. The van der Waals surface area contributed by atoms with Gasteiger partial charge in [-0.2, -0.15) is 4.98 Å². The van der Waals surface area contributed by atoms with Gasteiger partial charge in [0.05, 0.1) is 0 Å². The van der Waals surface area contributed by atoms with Crippen molar-refractivity contribution >= 4 is 0 Å². The fourth-order valence-electron chi connectivity index (χ4n) is 3.40. The van der Waals surface area contributed by atoms with Gasteiger partial charge in [0, 0.05) is 11.1 Å². The molecule has 1 aromatic heterocycles. The molecule has 4 heteroatoms. The summed E-state index contributed by atoms with van der Waals surface area (Å²) in [6.45, 7) is 0. The molecule has 0 unspecified atom stereocenters. The largest absolute Gasteiger partial charge is 0.508 e. The maximum Gasteiger partial charge on any atom is 0.258 e. The van der Waals surface area contributed by atoms with E-state index >= 15 is 0 Å². The Bertz CT molecular complexity index is 800. The van der Waals surface area contributed by atoms with Crippen molar-refractivity contribution in [3.05, 3.63) is 54.1 Å². The number of hydrogen-bond donors (Lipinski definition) is 1. The summed E-state index contributed by atoms with van der Waals surface area (Å²) in [4.78, 5) is 4.45. The van der Waals surface area contributed by atoms with E-state index in [2.05, 4.69) is 34.4 Å². The molecule has 3 aromatic rings. The van der Waals surface area contributed by atoms with Crippen LogP contribution in [0.2, 0.25) is 0 Å². The van der Waals surface area contributed by atoms with E-state index in [0.717, 1.165) is 17.0 Å². The number of aromatic hydroxyl groups is 1. The minimum Gasteiger partial charge on any atom is -0.508 e. The molecule has 122 valence electrons. The van der Waals surface area contributed by atoms with Crippen LogP contribution in [0, 0.1) is 5.92 Å². The maximum atomic E-state index is 9.35. The second-order valence-electron chi connectivity index (χ2n) is 6.52. The van der Waals surface area contributed by atoms with Crippen molar-refractivity contribution in [1.82, 2.24) is 10.1 Å². The topological polar surface area (TPSA) is 59.2 Å². The van der Waals surface area contributed by atoms with E-state index in [9.17, 15) is 5.11 Å². The highest BCUT2D eigenvalue weighted by Gasteiger charge is 2.16. The Hall–Kier alpha value is -2.62. The number of hydrogen-bond acceptors (Lipinski definition) is 4. The van der Waals surface area contributed by atoms with Crippen LogP contribution < -0.4 is 0 Å². The molecule has 1 aliphatic carbocycles. The van der Waals surface area contributed by atoms with Crippen LogP contribution in [0.1, 0.15) is 31.2 Å². The van der Waals surface area contributed by atoms with Crippen LogP contribution in [0.15, 0.2) is 53.1 Å². The van der Waals surface area contributed by atoms with E-state index in [1.165, 1.54) is 37.7 Å². The molecule has 24 heavy (non-hydrogen) atoms. The Morgan fingerprint density at radius 1 is 0.917 bits per heavy atom. The van der Waals surface area contributed by atoms with Gasteiger partial charge in [-0.25, -0.2) is 0 Å². The number of rotatable bonds is 4. The van der Waals surface area contributed by atoms with Gasteiger partial charge in [0.15, 0.2) is 0 Å². The minimum absolute atomic E-state index is 0.219. The van der Waals surface area contributed by atoms with E-state index in [1.807, 2.05) is 0 Å². The van der Waals surface area contributed by atoms with Crippen molar-refractivity contribution in [2.75, 3.05) is 0 Å². The fraction of sp³-hybridized carbons (Fsp3) is 0.300. The monoisotopic (exact) mass is 320 g/mol. The molecule has 0 radical (unpaired) electrons. The van der Waals surface area contributed by atoms with Gasteiger partial charge in [0.25, 0.3) is 5.89 Å². The van der Waals surface area contributed by atoms with Gasteiger partial charge >= 0.3 is 0 Å². The van der Waals surface area contributed by atoms with Crippen molar-refractivity contribution in [2.45, 2.75) is 32.1 Å². The lowest BCUT2D eigenvalue weighted by Crippen LogP contribution is -1.98. The lowest BCUT2D eigenvalue weighted by Gasteiger charge is -2.08. The average Bonchev–Trinajstić information content (AvgIpc) is 3.28. The molecule has 4 rings (SSSR count). The first-order chi connectivity index (χ1) is 11.8. The highest BCUT2D eigenvalue weighted by Crippen LogP contribution is 2.29. The molecule has 1 heterocycles. The van der Waals surface area contributed by atoms with E-state index in [-0.39, 0.29) is 5.75 Å². The molecule has 0 amide bonds. The average molecular weight is 320 g/mol. The van der Waals surface area contributed by atoms with E-state index in [0.29, 0.717) is 11.7 Å². The third-order valence-electron chi connectivity index (χ3n) is 4.75. The fourth-order valence-corrected chi connectivity index (χ4v) is 3.40. The number of benzene rings is 2. The quantitative estimate of drug-likeness (QED) is 0.747. The highest BCUT2D eigenvalue weighted by atomic mass is 16.5. The van der Waals surface area contributed by atoms with Crippen LogP contribution in [0.25, 0.3) is 22.8 Å². The van der Waals surface area contributed by atoms with Gasteiger partial charge in [-0.05, 0) is 42.2 Å². The van der Waals surface area contributed by atoms with Crippen LogP contribution in [-0.4, -0.2) is 15.2 Å².